The summed E-state index contributed by atoms with van der Waals surface area (Å²) >= 11 is 0. The van der Waals surface area contributed by atoms with Crippen LogP contribution in [0.1, 0.15) is 12.8 Å². The van der Waals surface area contributed by atoms with Crippen molar-refractivity contribution in [2.24, 2.45) is 16.9 Å². The molecule has 1 aromatic carbocycles. The van der Waals surface area contributed by atoms with Crippen LogP contribution in [-0.4, -0.2) is 23.1 Å². The molecule has 3 rings (SSSR count). The summed E-state index contributed by atoms with van der Waals surface area (Å²) in [6, 6.07) is 5.94. The summed E-state index contributed by atoms with van der Waals surface area (Å²) in [5, 5.41) is 14.9. The number of para-hydroxylation sites is 2. The average molecular weight is 301 g/mol. The van der Waals surface area contributed by atoms with E-state index in [1.54, 1.807) is 12.1 Å². The van der Waals surface area contributed by atoms with Gasteiger partial charge in [0.15, 0.2) is 12.4 Å². The van der Waals surface area contributed by atoms with Crippen molar-refractivity contribution < 1.29 is 14.5 Å². The minimum atomic E-state index is -0.547. The number of fused-ring (bicyclic) bond motifs is 1. The van der Waals surface area contributed by atoms with Crippen LogP contribution in [0.25, 0.3) is 0 Å². The first-order valence-corrected chi connectivity index (χ1v) is 7.03. The van der Waals surface area contributed by atoms with Gasteiger partial charge in [0.25, 0.3) is 5.91 Å². The van der Waals surface area contributed by atoms with E-state index in [0.717, 1.165) is 18.6 Å². The van der Waals surface area contributed by atoms with E-state index in [0.29, 0.717) is 11.8 Å². The number of benzene rings is 1. The first-order valence-electron chi connectivity index (χ1n) is 7.03. The van der Waals surface area contributed by atoms with Crippen molar-refractivity contribution in [3.05, 3.63) is 46.5 Å². The molecule has 1 fully saturated rings. The number of hydrazone groups is 1. The number of rotatable bonds is 5. The van der Waals surface area contributed by atoms with E-state index in [9.17, 15) is 14.9 Å². The van der Waals surface area contributed by atoms with Gasteiger partial charge < -0.3 is 4.74 Å². The second-order valence-electron chi connectivity index (χ2n) is 5.29. The highest BCUT2D eigenvalue weighted by Crippen LogP contribution is 2.40. The van der Waals surface area contributed by atoms with Gasteiger partial charge in [0.1, 0.15) is 0 Å². The zero-order valence-corrected chi connectivity index (χ0v) is 11.8. The van der Waals surface area contributed by atoms with Gasteiger partial charge in [-0.1, -0.05) is 24.3 Å². The maximum Gasteiger partial charge on any atom is 0.310 e. The van der Waals surface area contributed by atoms with Crippen LogP contribution in [0.3, 0.4) is 0 Å². The molecule has 0 aromatic heterocycles. The van der Waals surface area contributed by atoms with E-state index >= 15 is 0 Å². The lowest BCUT2D eigenvalue weighted by Crippen LogP contribution is -2.36. The van der Waals surface area contributed by atoms with Gasteiger partial charge in [-0.2, -0.15) is 5.10 Å². The fourth-order valence-electron chi connectivity index (χ4n) is 2.70. The fraction of sp³-hybridized carbons (Fsp3) is 0.333. The molecule has 1 amide bonds. The summed E-state index contributed by atoms with van der Waals surface area (Å²) in [5.41, 5.74) is 3.27. The average Bonchev–Trinajstić information content (AvgIpc) is 2.87. The smallest absolute Gasteiger partial charge is 0.310 e. The molecule has 0 saturated heterocycles. The molecule has 0 spiro atoms. The summed E-state index contributed by atoms with van der Waals surface area (Å²) in [5.74, 6) is 0.634. The predicted octanol–water partition coefficient (Wildman–Crippen LogP) is 2.04. The molecular weight excluding hydrogens is 286 g/mol. The Morgan fingerprint density at radius 2 is 2.27 bits per heavy atom. The van der Waals surface area contributed by atoms with Gasteiger partial charge in [-0.15, -0.1) is 0 Å². The normalized spacial score (nSPS) is 23.7. The molecule has 1 N–H and O–H groups in total. The number of nitrogens with one attached hydrogen (secondary N) is 1. The first-order chi connectivity index (χ1) is 10.6. The summed E-state index contributed by atoms with van der Waals surface area (Å²) in [6.07, 6.45) is 6.18. The number of carbonyl (C=O) groups is 1. The summed E-state index contributed by atoms with van der Waals surface area (Å²) in [7, 11) is 0. The predicted molar refractivity (Wildman–Crippen MR) is 79.5 cm³/mol. The van der Waals surface area contributed by atoms with Crippen LogP contribution in [-0.2, 0) is 4.79 Å². The van der Waals surface area contributed by atoms with Crippen molar-refractivity contribution in [3.8, 4) is 5.75 Å². The van der Waals surface area contributed by atoms with Crippen molar-refractivity contribution in [1.29, 1.82) is 0 Å². The van der Waals surface area contributed by atoms with E-state index in [-0.39, 0.29) is 18.0 Å². The van der Waals surface area contributed by atoms with Gasteiger partial charge in [-0.05, 0) is 24.8 Å². The van der Waals surface area contributed by atoms with Crippen molar-refractivity contribution in [2.75, 3.05) is 6.61 Å². The number of allylic oxidation sites excluding steroid dienone is 2. The SMILES string of the molecule is O=C(COc1ccccc1[N+](=O)[O-])N/N=C1/C[C@@H]2C=CC[C@@H]12. The lowest BCUT2D eigenvalue weighted by molar-refractivity contribution is -0.385. The third kappa shape index (κ3) is 2.83. The maximum atomic E-state index is 11.7. The van der Waals surface area contributed by atoms with Crippen LogP contribution >= 0.6 is 0 Å². The van der Waals surface area contributed by atoms with Crippen molar-refractivity contribution in [1.82, 2.24) is 5.43 Å². The van der Waals surface area contributed by atoms with Crippen LogP contribution in [0.15, 0.2) is 41.5 Å². The monoisotopic (exact) mass is 301 g/mol. The molecule has 2 atom stereocenters. The molecule has 7 nitrogen and oxygen atoms in total. The number of amides is 1. The van der Waals surface area contributed by atoms with Crippen LogP contribution in [0.4, 0.5) is 5.69 Å². The van der Waals surface area contributed by atoms with Gasteiger partial charge in [0.05, 0.1) is 4.92 Å². The van der Waals surface area contributed by atoms with Crippen molar-refractivity contribution in [2.45, 2.75) is 12.8 Å². The number of nitro groups is 1. The van der Waals surface area contributed by atoms with Crippen LogP contribution in [0.5, 0.6) is 5.75 Å². The lowest BCUT2D eigenvalue weighted by Gasteiger charge is -2.31. The Kier molecular flexibility index (Phi) is 3.86. The number of nitrogens with zero attached hydrogens (tertiary/aromatic N) is 2. The molecule has 0 heterocycles. The van der Waals surface area contributed by atoms with Gasteiger partial charge in [0.2, 0.25) is 0 Å². The fourth-order valence-corrected chi connectivity index (χ4v) is 2.70. The molecule has 7 heteroatoms. The lowest BCUT2D eigenvalue weighted by atomic mass is 9.74. The van der Waals surface area contributed by atoms with Gasteiger partial charge in [0, 0.05) is 17.7 Å². The van der Waals surface area contributed by atoms with E-state index in [1.165, 1.54) is 12.1 Å². The van der Waals surface area contributed by atoms with E-state index in [4.69, 9.17) is 4.74 Å². The highest BCUT2D eigenvalue weighted by molar-refractivity contribution is 5.94. The zero-order chi connectivity index (χ0) is 15.5. The Morgan fingerprint density at radius 3 is 3.05 bits per heavy atom. The molecule has 1 aromatic rings. The van der Waals surface area contributed by atoms with Crippen LogP contribution in [0.2, 0.25) is 0 Å². The minimum Gasteiger partial charge on any atom is -0.477 e. The number of carbonyl (C=O) groups excluding carboxylic acids is 1. The Hall–Kier alpha value is -2.70. The largest absolute Gasteiger partial charge is 0.477 e. The molecular formula is C15H15N3O4. The summed E-state index contributed by atoms with van der Waals surface area (Å²) < 4.78 is 5.20. The third-order valence-electron chi connectivity index (χ3n) is 3.91. The van der Waals surface area contributed by atoms with E-state index < -0.39 is 10.8 Å². The minimum absolute atomic E-state index is 0.0685. The molecule has 1 saturated carbocycles. The standard InChI is InChI=1S/C15H15N3O4/c19-15(17-16-12-8-10-4-3-5-11(10)12)9-22-14-7-2-1-6-13(14)18(20)21/h1-4,6-7,10-11H,5,8-9H2,(H,17,19)/b16-12-/t10-,11+/m0/s1. The molecule has 0 unspecified atom stereocenters. The second kappa shape index (κ2) is 5.97. The third-order valence-corrected chi connectivity index (χ3v) is 3.91. The number of nitro benzene ring substituents is 1. The highest BCUT2D eigenvalue weighted by Gasteiger charge is 2.37. The Bertz CT molecular complexity index is 669. The molecule has 0 bridgehead atoms. The summed E-state index contributed by atoms with van der Waals surface area (Å²) in [6.45, 7) is -0.312. The molecule has 0 radical (unpaired) electrons. The molecule has 2 aliphatic rings. The molecule has 22 heavy (non-hydrogen) atoms. The quantitative estimate of drug-likeness (QED) is 0.511. The molecule has 0 aliphatic heterocycles. The van der Waals surface area contributed by atoms with Gasteiger partial charge in [-0.25, -0.2) is 5.43 Å². The Balaban J connectivity index is 1.51. The van der Waals surface area contributed by atoms with E-state index in [2.05, 4.69) is 22.7 Å². The molecule has 114 valence electrons. The Labute approximate surface area is 126 Å². The van der Waals surface area contributed by atoms with Crippen LogP contribution < -0.4 is 10.2 Å². The highest BCUT2D eigenvalue weighted by atomic mass is 16.6. The number of hydrogen-bond acceptors (Lipinski definition) is 5. The Morgan fingerprint density at radius 1 is 1.45 bits per heavy atom. The number of hydrogen-bond donors (Lipinski definition) is 1. The maximum absolute atomic E-state index is 11.7. The van der Waals surface area contributed by atoms with Gasteiger partial charge in [-0.3, -0.25) is 14.9 Å². The van der Waals surface area contributed by atoms with Gasteiger partial charge >= 0.3 is 5.69 Å². The number of ether oxygens (including phenoxy) is 1. The van der Waals surface area contributed by atoms with E-state index in [1.807, 2.05) is 0 Å². The molecule has 2 aliphatic carbocycles. The van der Waals surface area contributed by atoms with Crippen molar-refractivity contribution >= 4 is 17.3 Å². The topological polar surface area (TPSA) is 93.8 Å². The van der Waals surface area contributed by atoms with Crippen molar-refractivity contribution in [3.63, 3.8) is 0 Å². The summed E-state index contributed by atoms with van der Waals surface area (Å²) in [4.78, 5) is 22.0. The first kappa shape index (κ1) is 14.2. The zero-order valence-electron chi connectivity index (χ0n) is 11.8. The van der Waals surface area contributed by atoms with Crippen LogP contribution in [0, 0.1) is 22.0 Å². The second-order valence-corrected chi connectivity index (χ2v) is 5.29.